The van der Waals surface area contributed by atoms with Gasteiger partial charge >= 0.3 is 6.18 Å². The highest BCUT2D eigenvalue weighted by atomic mass is 35.5. The summed E-state index contributed by atoms with van der Waals surface area (Å²) in [5, 5.41) is 25.1. The third-order valence-corrected chi connectivity index (χ3v) is 6.36. The van der Waals surface area contributed by atoms with E-state index >= 15 is 0 Å². The summed E-state index contributed by atoms with van der Waals surface area (Å²) in [6.45, 7) is 1.69. The van der Waals surface area contributed by atoms with Gasteiger partial charge in [-0.15, -0.1) is 0 Å². The number of phenolic OH excluding ortho intramolecular Hbond substituents is 1. The smallest absolute Gasteiger partial charge is 0.419 e. The number of phenols is 1. The quantitative estimate of drug-likeness (QED) is 0.438. The minimum absolute atomic E-state index is 0.0325. The Morgan fingerprint density at radius 2 is 1.97 bits per heavy atom. The van der Waals surface area contributed by atoms with E-state index in [9.17, 15) is 28.2 Å². The van der Waals surface area contributed by atoms with Crippen molar-refractivity contribution < 1.29 is 23.4 Å². The van der Waals surface area contributed by atoms with Crippen molar-refractivity contribution >= 4 is 28.1 Å². The zero-order valence-corrected chi connectivity index (χ0v) is 17.2. The summed E-state index contributed by atoms with van der Waals surface area (Å²) in [6, 6.07) is 7.30. The van der Waals surface area contributed by atoms with Gasteiger partial charge in [0.05, 0.1) is 11.1 Å². The predicted molar refractivity (Wildman–Crippen MR) is 113 cm³/mol. The van der Waals surface area contributed by atoms with Crippen LogP contribution in [-0.2, 0) is 0 Å². The molecule has 2 aromatic carbocycles. The summed E-state index contributed by atoms with van der Waals surface area (Å²) in [5.41, 5.74) is -2.83. The molecular formula is C22H20ClF3N2O3. The lowest BCUT2D eigenvalue weighted by Crippen LogP contribution is -2.55. The first-order valence-corrected chi connectivity index (χ1v) is 10.1. The van der Waals surface area contributed by atoms with E-state index in [0.717, 1.165) is 0 Å². The van der Waals surface area contributed by atoms with Crippen molar-refractivity contribution in [2.24, 2.45) is 0 Å². The molecule has 164 valence electrons. The van der Waals surface area contributed by atoms with E-state index in [1.807, 2.05) is 0 Å². The van der Waals surface area contributed by atoms with Crippen molar-refractivity contribution in [2.45, 2.75) is 43.5 Å². The number of anilines is 1. The molecule has 3 aromatic rings. The second-order valence-electron chi connectivity index (χ2n) is 7.78. The first kappa shape index (κ1) is 21.5. The molecule has 3 atom stereocenters. The lowest BCUT2D eigenvalue weighted by Gasteiger charge is -2.46. The zero-order chi connectivity index (χ0) is 22.6. The van der Waals surface area contributed by atoms with Crippen LogP contribution in [0.4, 0.5) is 18.9 Å². The third kappa shape index (κ3) is 3.34. The summed E-state index contributed by atoms with van der Waals surface area (Å²) in [6.07, 6.45) is -3.92. The third-order valence-electron chi connectivity index (χ3n) is 6.05. The van der Waals surface area contributed by atoms with Gasteiger partial charge in [0.1, 0.15) is 5.75 Å². The van der Waals surface area contributed by atoms with Crippen molar-refractivity contribution in [3.05, 3.63) is 69.1 Å². The molecule has 1 aromatic heterocycles. The number of aliphatic hydroxyl groups is 1. The standard InChI is InChI=1S/C22H20ClF3N2O3/c1-2-11-10-21(31,22(24,25)26)19(14-6-7-15(23)18(29)17(11)14)28-16-5-3-4-13-12(16)8-9-27-20(13)30/h3-9,11,19,28-29,31H,2,10H2,1H3,(H,27,30)/t11-,19?,21-/m1/s1. The van der Waals surface area contributed by atoms with Crippen LogP contribution < -0.4 is 10.9 Å². The molecular weight excluding hydrogens is 433 g/mol. The van der Waals surface area contributed by atoms with E-state index in [-0.39, 0.29) is 34.0 Å². The molecule has 0 saturated carbocycles. The maximum absolute atomic E-state index is 14.2. The molecule has 0 fully saturated rings. The number of rotatable bonds is 3. The Hall–Kier alpha value is -2.71. The van der Waals surface area contributed by atoms with Gasteiger partial charge in [-0.05, 0) is 48.6 Å². The van der Waals surface area contributed by atoms with Gasteiger partial charge in [0.25, 0.3) is 5.56 Å². The first-order valence-electron chi connectivity index (χ1n) is 9.75. The lowest BCUT2D eigenvalue weighted by molar-refractivity contribution is -0.272. The SMILES string of the molecule is CC[C@@H]1C[C@](O)(C(F)(F)F)C(Nc2cccc3c(=O)[nH]ccc23)c2ccc(Cl)c(O)c21. The first-order chi connectivity index (χ1) is 14.6. The number of fused-ring (bicyclic) bond motifs is 2. The molecule has 9 heteroatoms. The Morgan fingerprint density at radius 1 is 1.23 bits per heavy atom. The fraction of sp³-hybridized carbons (Fsp3) is 0.318. The number of halogens is 4. The molecule has 0 spiro atoms. The van der Waals surface area contributed by atoms with E-state index in [2.05, 4.69) is 10.3 Å². The maximum Gasteiger partial charge on any atom is 0.419 e. The number of nitrogens with one attached hydrogen (secondary N) is 2. The summed E-state index contributed by atoms with van der Waals surface area (Å²) in [5.74, 6) is -1.02. The monoisotopic (exact) mass is 452 g/mol. The van der Waals surface area contributed by atoms with Crippen molar-refractivity contribution in [1.82, 2.24) is 4.98 Å². The summed E-state index contributed by atoms with van der Waals surface area (Å²) >= 11 is 6.04. The number of aromatic nitrogens is 1. The number of aromatic amines is 1. The zero-order valence-electron chi connectivity index (χ0n) is 16.4. The van der Waals surface area contributed by atoms with Gasteiger partial charge in [-0.2, -0.15) is 13.2 Å². The molecule has 0 amide bonds. The van der Waals surface area contributed by atoms with Gasteiger partial charge in [0.2, 0.25) is 0 Å². The molecule has 31 heavy (non-hydrogen) atoms. The highest BCUT2D eigenvalue weighted by molar-refractivity contribution is 6.32. The van der Waals surface area contributed by atoms with Crippen molar-refractivity contribution in [1.29, 1.82) is 0 Å². The number of alkyl halides is 3. The van der Waals surface area contributed by atoms with Crippen LogP contribution in [0.25, 0.3) is 10.8 Å². The summed E-state index contributed by atoms with van der Waals surface area (Å²) in [7, 11) is 0. The average molecular weight is 453 g/mol. The Labute approximate surface area is 180 Å². The Kier molecular flexibility index (Phi) is 5.18. The predicted octanol–water partition coefficient (Wildman–Crippen LogP) is 5.23. The number of hydrogen-bond acceptors (Lipinski definition) is 4. The van der Waals surface area contributed by atoms with E-state index in [0.29, 0.717) is 16.3 Å². The maximum atomic E-state index is 14.2. The second-order valence-corrected chi connectivity index (χ2v) is 8.19. The highest BCUT2D eigenvalue weighted by Crippen LogP contribution is 2.56. The molecule has 0 radical (unpaired) electrons. The van der Waals surface area contributed by atoms with Crippen LogP contribution in [0.1, 0.15) is 42.9 Å². The van der Waals surface area contributed by atoms with Gasteiger partial charge in [-0.3, -0.25) is 4.79 Å². The van der Waals surface area contributed by atoms with E-state index < -0.39 is 30.2 Å². The minimum atomic E-state index is -4.95. The summed E-state index contributed by atoms with van der Waals surface area (Å²) in [4.78, 5) is 14.6. The number of benzene rings is 2. The van der Waals surface area contributed by atoms with Crippen LogP contribution >= 0.6 is 11.6 Å². The lowest BCUT2D eigenvalue weighted by atomic mass is 9.69. The largest absolute Gasteiger partial charge is 0.506 e. The topological polar surface area (TPSA) is 85.4 Å². The summed E-state index contributed by atoms with van der Waals surface area (Å²) < 4.78 is 42.6. The Bertz CT molecular complexity index is 1210. The van der Waals surface area contributed by atoms with Crippen LogP contribution in [0.15, 0.2) is 47.4 Å². The molecule has 4 N–H and O–H groups in total. The number of hydrogen-bond donors (Lipinski definition) is 4. The fourth-order valence-electron chi connectivity index (χ4n) is 4.46. The van der Waals surface area contributed by atoms with Crippen molar-refractivity contribution in [3.63, 3.8) is 0 Å². The molecule has 4 rings (SSSR count). The Morgan fingerprint density at radius 3 is 2.65 bits per heavy atom. The fourth-order valence-corrected chi connectivity index (χ4v) is 4.62. The number of pyridine rings is 1. The highest BCUT2D eigenvalue weighted by Gasteiger charge is 2.62. The molecule has 1 unspecified atom stereocenters. The van der Waals surface area contributed by atoms with Crippen LogP contribution in [-0.4, -0.2) is 27.0 Å². The molecule has 0 aliphatic heterocycles. The molecule has 1 aliphatic rings. The van der Waals surface area contributed by atoms with Gasteiger partial charge in [0.15, 0.2) is 5.60 Å². The molecule has 5 nitrogen and oxygen atoms in total. The molecule has 1 aliphatic carbocycles. The number of H-pyrrole nitrogens is 1. The van der Waals surface area contributed by atoms with Crippen LogP contribution in [0.5, 0.6) is 5.75 Å². The average Bonchev–Trinajstić information content (AvgIpc) is 2.72. The van der Waals surface area contributed by atoms with Crippen LogP contribution in [0, 0.1) is 0 Å². The Balaban J connectivity index is 1.95. The van der Waals surface area contributed by atoms with Gasteiger partial charge in [-0.1, -0.05) is 30.7 Å². The second kappa shape index (κ2) is 7.46. The van der Waals surface area contributed by atoms with Gasteiger partial charge in [0, 0.05) is 28.2 Å². The van der Waals surface area contributed by atoms with Gasteiger partial charge in [-0.25, -0.2) is 0 Å². The van der Waals surface area contributed by atoms with E-state index in [1.54, 1.807) is 31.2 Å². The molecule has 0 saturated heterocycles. The van der Waals surface area contributed by atoms with E-state index in [4.69, 9.17) is 11.6 Å². The van der Waals surface area contributed by atoms with Crippen LogP contribution in [0.2, 0.25) is 5.02 Å². The molecule has 1 heterocycles. The molecule has 0 bridgehead atoms. The number of aromatic hydroxyl groups is 1. The normalized spacial score (nSPS) is 23.5. The van der Waals surface area contributed by atoms with Crippen molar-refractivity contribution in [3.8, 4) is 5.75 Å². The van der Waals surface area contributed by atoms with E-state index in [1.165, 1.54) is 18.3 Å². The van der Waals surface area contributed by atoms with Gasteiger partial charge < -0.3 is 20.5 Å². The minimum Gasteiger partial charge on any atom is -0.506 e. The van der Waals surface area contributed by atoms with Crippen molar-refractivity contribution in [2.75, 3.05) is 5.32 Å². The van der Waals surface area contributed by atoms with Crippen LogP contribution in [0.3, 0.4) is 0 Å².